The van der Waals surface area contributed by atoms with Gasteiger partial charge in [-0.1, -0.05) is 6.92 Å². The monoisotopic (exact) mass is 472 g/mol. The van der Waals surface area contributed by atoms with Crippen molar-refractivity contribution in [2.75, 3.05) is 57.4 Å². The van der Waals surface area contributed by atoms with Gasteiger partial charge < -0.3 is 25.2 Å². The summed E-state index contributed by atoms with van der Waals surface area (Å²) in [6.07, 6.45) is 0. The van der Waals surface area contributed by atoms with E-state index in [0.29, 0.717) is 19.8 Å². The summed E-state index contributed by atoms with van der Waals surface area (Å²) in [7, 11) is 0. The summed E-state index contributed by atoms with van der Waals surface area (Å²) in [5, 5.41) is 6.16. The normalized spacial score (nSPS) is 20.5. The van der Waals surface area contributed by atoms with Crippen LogP contribution in [-0.2, 0) is 9.53 Å². The minimum Gasteiger partial charge on any atom is -0.378 e. The molecule has 2 aliphatic rings. The molecular formula is C19H32Cl3FN4O2. The van der Waals surface area contributed by atoms with Gasteiger partial charge in [-0.05, 0) is 31.7 Å². The lowest BCUT2D eigenvalue weighted by Gasteiger charge is -2.37. The number of hydrogen-bond donors (Lipinski definition) is 2. The van der Waals surface area contributed by atoms with Gasteiger partial charge in [-0.25, -0.2) is 4.39 Å². The Labute approximate surface area is 191 Å². The van der Waals surface area contributed by atoms with Crippen LogP contribution in [0.25, 0.3) is 0 Å². The molecule has 2 saturated heterocycles. The van der Waals surface area contributed by atoms with Crippen LogP contribution in [0.5, 0.6) is 0 Å². The molecule has 2 heterocycles. The van der Waals surface area contributed by atoms with Crippen molar-refractivity contribution in [1.29, 1.82) is 0 Å². The Morgan fingerprint density at radius 3 is 2.55 bits per heavy atom. The zero-order valence-electron chi connectivity index (χ0n) is 16.9. The molecule has 0 radical (unpaired) electrons. The summed E-state index contributed by atoms with van der Waals surface area (Å²) >= 11 is 0. The number of carbonyl (C=O) groups is 1. The summed E-state index contributed by atoms with van der Waals surface area (Å²) in [4.78, 5) is 17.2. The second-order valence-electron chi connectivity index (χ2n) is 6.94. The van der Waals surface area contributed by atoms with Crippen LogP contribution in [0.2, 0.25) is 0 Å². The molecule has 0 aromatic heterocycles. The number of anilines is 1. The number of likely N-dealkylation sites (N-methyl/N-ethyl adjacent to an activating group) is 1. The van der Waals surface area contributed by atoms with Crippen molar-refractivity contribution < 1.29 is 13.9 Å². The molecule has 29 heavy (non-hydrogen) atoms. The Morgan fingerprint density at radius 2 is 1.97 bits per heavy atom. The van der Waals surface area contributed by atoms with Gasteiger partial charge in [0.1, 0.15) is 11.9 Å². The molecule has 0 aliphatic carbocycles. The number of nitrogens with zero attached hydrogens (tertiary/aromatic N) is 2. The lowest BCUT2D eigenvalue weighted by atomic mass is 10.0. The van der Waals surface area contributed by atoms with E-state index in [1.165, 1.54) is 12.1 Å². The number of ether oxygens (including phenoxy) is 1. The summed E-state index contributed by atoms with van der Waals surface area (Å²) < 4.78 is 19.3. The fourth-order valence-electron chi connectivity index (χ4n) is 3.59. The standard InChI is InChI=1S/C19H29FN4O2.3ClH/c1-3-23-7-9-24(10-8-23)18-5-4-15(20)12-16(18)14(2)22-19(25)17-13-26-11-6-21-17;;;/h4-5,12,14,17,21H,3,6-11,13H2,1-2H3,(H,22,25);3*1H. The van der Waals surface area contributed by atoms with E-state index in [4.69, 9.17) is 4.74 Å². The van der Waals surface area contributed by atoms with Crippen molar-refractivity contribution in [3.63, 3.8) is 0 Å². The number of rotatable bonds is 5. The third-order valence-electron chi connectivity index (χ3n) is 5.21. The number of benzene rings is 1. The molecular weight excluding hydrogens is 442 g/mol. The smallest absolute Gasteiger partial charge is 0.240 e. The number of morpholine rings is 1. The van der Waals surface area contributed by atoms with Crippen molar-refractivity contribution >= 4 is 48.8 Å². The number of piperazine rings is 1. The van der Waals surface area contributed by atoms with E-state index in [-0.39, 0.29) is 61.0 Å². The SMILES string of the molecule is CCN1CCN(c2ccc(F)cc2C(C)NC(=O)C2COCCN2)CC1.Cl.Cl.Cl. The van der Waals surface area contributed by atoms with Crippen LogP contribution in [0.1, 0.15) is 25.5 Å². The van der Waals surface area contributed by atoms with E-state index in [1.54, 1.807) is 0 Å². The largest absolute Gasteiger partial charge is 0.378 e. The molecule has 3 rings (SSSR count). The van der Waals surface area contributed by atoms with Gasteiger partial charge in [-0.3, -0.25) is 4.79 Å². The predicted molar refractivity (Wildman–Crippen MR) is 122 cm³/mol. The fourth-order valence-corrected chi connectivity index (χ4v) is 3.59. The number of carbonyl (C=O) groups excluding carboxylic acids is 1. The van der Waals surface area contributed by atoms with Crippen molar-refractivity contribution in [2.45, 2.75) is 25.9 Å². The molecule has 1 aromatic carbocycles. The van der Waals surface area contributed by atoms with Gasteiger partial charge in [0.2, 0.25) is 5.91 Å². The lowest BCUT2D eigenvalue weighted by Crippen LogP contribution is -2.51. The topological polar surface area (TPSA) is 56.8 Å². The van der Waals surface area contributed by atoms with Crippen LogP contribution < -0.4 is 15.5 Å². The van der Waals surface area contributed by atoms with Gasteiger partial charge in [0.15, 0.2) is 0 Å². The van der Waals surface area contributed by atoms with Crippen LogP contribution in [0.3, 0.4) is 0 Å². The first-order valence-electron chi connectivity index (χ1n) is 9.46. The second kappa shape index (κ2) is 13.5. The highest BCUT2D eigenvalue weighted by atomic mass is 35.5. The van der Waals surface area contributed by atoms with Gasteiger partial charge in [0, 0.05) is 44.0 Å². The van der Waals surface area contributed by atoms with Crippen molar-refractivity contribution in [2.24, 2.45) is 0 Å². The lowest BCUT2D eigenvalue weighted by molar-refractivity contribution is -0.126. The van der Waals surface area contributed by atoms with Crippen LogP contribution in [0, 0.1) is 5.82 Å². The molecule has 1 amide bonds. The highest BCUT2D eigenvalue weighted by Gasteiger charge is 2.25. The third-order valence-corrected chi connectivity index (χ3v) is 5.21. The van der Waals surface area contributed by atoms with Gasteiger partial charge in [-0.15, -0.1) is 37.2 Å². The molecule has 2 N–H and O–H groups in total. The van der Waals surface area contributed by atoms with Crippen molar-refractivity contribution in [3.05, 3.63) is 29.6 Å². The Balaban J connectivity index is 0.00000261. The molecule has 0 spiro atoms. The van der Waals surface area contributed by atoms with Gasteiger partial charge in [0.25, 0.3) is 0 Å². The average molecular weight is 474 g/mol. The molecule has 1 aromatic rings. The van der Waals surface area contributed by atoms with Crippen molar-refractivity contribution in [3.8, 4) is 0 Å². The number of amides is 1. The molecule has 10 heteroatoms. The van der Waals surface area contributed by atoms with Crippen molar-refractivity contribution in [1.82, 2.24) is 15.5 Å². The fraction of sp³-hybridized carbons (Fsp3) is 0.632. The maximum Gasteiger partial charge on any atom is 0.240 e. The predicted octanol–water partition coefficient (Wildman–Crippen LogP) is 2.40. The maximum atomic E-state index is 13.9. The summed E-state index contributed by atoms with van der Waals surface area (Å²) in [6, 6.07) is 4.24. The summed E-state index contributed by atoms with van der Waals surface area (Å²) in [6.45, 7) is 10.6. The molecule has 168 valence electrons. The van der Waals surface area contributed by atoms with Crippen LogP contribution in [-0.4, -0.2) is 69.3 Å². The van der Waals surface area contributed by atoms with E-state index in [2.05, 4.69) is 27.4 Å². The minimum atomic E-state index is -0.351. The van der Waals surface area contributed by atoms with E-state index in [1.807, 2.05) is 13.0 Å². The molecule has 2 unspecified atom stereocenters. The van der Waals surface area contributed by atoms with E-state index >= 15 is 0 Å². The maximum absolute atomic E-state index is 13.9. The first-order chi connectivity index (χ1) is 12.6. The first kappa shape index (κ1) is 28.2. The van der Waals surface area contributed by atoms with Gasteiger partial charge in [-0.2, -0.15) is 0 Å². The molecule has 2 atom stereocenters. The van der Waals surface area contributed by atoms with E-state index in [9.17, 15) is 9.18 Å². The van der Waals surface area contributed by atoms with Crippen LogP contribution >= 0.6 is 37.2 Å². The zero-order chi connectivity index (χ0) is 18.5. The Bertz CT molecular complexity index is 627. The van der Waals surface area contributed by atoms with Crippen LogP contribution in [0.15, 0.2) is 18.2 Å². The summed E-state index contributed by atoms with van der Waals surface area (Å²) in [5.41, 5.74) is 1.82. The zero-order valence-corrected chi connectivity index (χ0v) is 19.3. The highest BCUT2D eigenvalue weighted by Crippen LogP contribution is 2.28. The van der Waals surface area contributed by atoms with Gasteiger partial charge in [0.05, 0.1) is 19.3 Å². The molecule has 0 saturated carbocycles. The van der Waals surface area contributed by atoms with Gasteiger partial charge >= 0.3 is 0 Å². The molecule has 0 bridgehead atoms. The molecule has 2 fully saturated rings. The average Bonchev–Trinajstić information content (AvgIpc) is 2.68. The Morgan fingerprint density at radius 1 is 1.28 bits per heavy atom. The van der Waals surface area contributed by atoms with Crippen LogP contribution in [0.4, 0.5) is 10.1 Å². The molecule has 6 nitrogen and oxygen atoms in total. The number of nitrogens with one attached hydrogen (secondary N) is 2. The van der Waals surface area contributed by atoms with E-state index in [0.717, 1.165) is 44.0 Å². The Kier molecular flexibility index (Phi) is 13.1. The first-order valence-corrected chi connectivity index (χ1v) is 9.46. The second-order valence-corrected chi connectivity index (χ2v) is 6.94. The highest BCUT2D eigenvalue weighted by molar-refractivity contribution is 5.86. The molecule has 2 aliphatic heterocycles. The summed E-state index contributed by atoms with van der Waals surface area (Å²) in [5.74, 6) is -0.389. The third kappa shape index (κ3) is 7.42. The number of halogens is 4. The minimum absolute atomic E-state index is 0. The van der Waals surface area contributed by atoms with E-state index < -0.39 is 0 Å². The number of hydrogen-bond acceptors (Lipinski definition) is 5. The quantitative estimate of drug-likeness (QED) is 0.688. The Hall–Kier alpha value is -0.830.